The van der Waals surface area contributed by atoms with Crippen LogP contribution in [0.3, 0.4) is 0 Å². The molecule has 1 aromatic heterocycles. The lowest BCUT2D eigenvalue weighted by molar-refractivity contribution is -0.122. The van der Waals surface area contributed by atoms with E-state index >= 15 is 0 Å². The lowest BCUT2D eigenvalue weighted by atomic mass is 9.89. The van der Waals surface area contributed by atoms with Crippen LogP contribution >= 0.6 is 0 Å². The molecule has 8 heteroatoms. The highest BCUT2D eigenvalue weighted by molar-refractivity contribution is 5.94. The maximum absolute atomic E-state index is 13.2. The molecule has 0 radical (unpaired) electrons. The normalized spacial score (nSPS) is 19.5. The van der Waals surface area contributed by atoms with Gasteiger partial charge in [0.15, 0.2) is 0 Å². The summed E-state index contributed by atoms with van der Waals surface area (Å²) in [5.41, 5.74) is 3.10. The average molecular weight is 458 g/mol. The fourth-order valence-electron chi connectivity index (χ4n) is 5.03. The average Bonchev–Trinajstić information content (AvgIpc) is 3.37. The van der Waals surface area contributed by atoms with Gasteiger partial charge >= 0.3 is 0 Å². The second-order valence-electron chi connectivity index (χ2n) is 8.85. The van der Waals surface area contributed by atoms with E-state index in [4.69, 9.17) is 0 Å². The summed E-state index contributed by atoms with van der Waals surface area (Å²) in [4.78, 5) is 41.8. The molecule has 2 atom stereocenters. The number of carbonyl (C=O) groups excluding carboxylic acids is 2. The third-order valence-electron chi connectivity index (χ3n) is 6.66. The van der Waals surface area contributed by atoms with E-state index in [9.17, 15) is 14.4 Å². The molecular formula is C26H27N5O3. The first-order valence-corrected chi connectivity index (χ1v) is 11.6. The summed E-state index contributed by atoms with van der Waals surface area (Å²) < 4.78 is 0. The molecule has 174 valence electrons. The van der Waals surface area contributed by atoms with E-state index in [2.05, 4.69) is 26.5 Å². The van der Waals surface area contributed by atoms with E-state index in [1.165, 1.54) is 12.3 Å². The van der Waals surface area contributed by atoms with Crippen molar-refractivity contribution in [2.24, 2.45) is 0 Å². The highest BCUT2D eigenvalue weighted by Gasteiger charge is 2.33. The van der Waals surface area contributed by atoms with Gasteiger partial charge in [-0.25, -0.2) is 5.10 Å². The zero-order valence-corrected chi connectivity index (χ0v) is 18.8. The number of aromatic nitrogens is 2. The first-order valence-electron chi connectivity index (χ1n) is 11.6. The number of amides is 2. The zero-order chi connectivity index (χ0) is 23.5. The number of benzene rings is 2. The Labute approximate surface area is 197 Å². The monoisotopic (exact) mass is 457 g/mol. The molecule has 2 amide bonds. The molecule has 3 heterocycles. The van der Waals surface area contributed by atoms with Crippen LogP contribution in [0.25, 0.3) is 0 Å². The standard InChI is InChI=1S/C26H27N5O3/c32-24-13-19(15-28-29-24)26(34)30-16-18-7-4-5-10-22(18)20(17-30)14-27-25(33)23-11-6-12-31(23)21-8-2-1-3-9-21/h1-5,7-10,13,15,20,23H,6,11-12,14,16-17H2,(H,27,33)(H,29,32). The lowest BCUT2D eigenvalue weighted by Gasteiger charge is -2.35. The van der Waals surface area contributed by atoms with Crippen LogP contribution in [0.1, 0.15) is 40.2 Å². The molecule has 0 spiro atoms. The molecule has 1 fully saturated rings. The van der Waals surface area contributed by atoms with Crippen molar-refractivity contribution in [1.29, 1.82) is 0 Å². The number of rotatable bonds is 5. The van der Waals surface area contributed by atoms with Crippen molar-refractivity contribution in [3.8, 4) is 0 Å². The third-order valence-corrected chi connectivity index (χ3v) is 6.66. The molecule has 0 aliphatic carbocycles. The Morgan fingerprint density at radius 1 is 1.09 bits per heavy atom. The van der Waals surface area contributed by atoms with E-state index in [1.54, 1.807) is 4.90 Å². The molecule has 2 N–H and O–H groups in total. The summed E-state index contributed by atoms with van der Waals surface area (Å²) in [6.07, 6.45) is 3.17. The van der Waals surface area contributed by atoms with Crippen molar-refractivity contribution in [2.45, 2.75) is 31.3 Å². The molecule has 0 saturated carbocycles. The molecule has 2 unspecified atom stereocenters. The summed E-state index contributed by atoms with van der Waals surface area (Å²) in [6, 6.07) is 19.1. The maximum Gasteiger partial charge on any atom is 0.264 e. The van der Waals surface area contributed by atoms with Gasteiger partial charge in [-0.05, 0) is 36.1 Å². The van der Waals surface area contributed by atoms with Gasteiger partial charge in [-0.2, -0.15) is 5.10 Å². The van der Waals surface area contributed by atoms with E-state index in [0.29, 0.717) is 19.6 Å². The zero-order valence-electron chi connectivity index (χ0n) is 18.8. The van der Waals surface area contributed by atoms with Crippen molar-refractivity contribution >= 4 is 17.5 Å². The van der Waals surface area contributed by atoms with Crippen LogP contribution in [0, 0.1) is 0 Å². The maximum atomic E-state index is 13.2. The number of fused-ring (bicyclic) bond motifs is 1. The van der Waals surface area contributed by atoms with Crippen molar-refractivity contribution in [2.75, 3.05) is 24.5 Å². The summed E-state index contributed by atoms with van der Waals surface area (Å²) >= 11 is 0. The minimum absolute atomic E-state index is 0.0149. The summed E-state index contributed by atoms with van der Waals surface area (Å²) in [6.45, 7) is 2.21. The Hall–Kier alpha value is -3.94. The van der Waals surface area contributed by atoms with Gasteiger partial charge in [0.05, 0.1) is 11.8 Å². The molecule has 2 aromatic carbocycles. The van der Waals surface area contributed by atoms with Gasteiger partial charge in [-0.3, -0.25) is 14.4 Å². The number of anilines is 1. The van der Waals surface area contributed by atoms with E-state index in [0.717, 1.165) is 36.2 Å². The first-order chi connectivity index (χ1) is 16.6. The summed E-state index contributed by atoms with van der Waals surface area (Å²) in [5, 5.41) is 9.21. The number of hydrogen-bond acceptors (Lipinski definition) is 5. The van der Waals surface area contributed by atoms with Crippen LogP contribution in [0.4, 0.5) is 5.69 Å². The number of hydrogen-bond donors (Lipinski definition) is 2. The Balaban J connectivity index is 1.31. The third kappa shape index (κ3) is 4.44. The number of H-pyrrole nitrogens is 1. The number of nitrogens with zero attached hydrogens (tertiary/aromatic N) is 3. The minimum Gasteiger partial charge on any atom is -0.360 e. The van der Waals surface area contributed by atoms with Gasteiger partial charge in [-0.1, -0.05) is 42.5 Å². The molecule has 1 saturated heterocycles. The number of carbonyl (C=O) groups is 2. The Morgan fingerprint density at radius 3 is 2.71 bits per heavy atom. The Kier molecular flexibility index (Phi) is 6.12. The van der Waals surface area contributed by atoms with Gasteiger partial charge < -0.3 is 15.1 Å². The van der Waals surface area contributed by atoms with Crippen LogP contribution in [0.15, 0.2) is 71.7 Å². The smallest absolute Gasteiger partial charge is 0.264 e. The molecule has 2 aliphatic heterocycles. The van der Waals surface area contributed by atoms with Gasteiger partial charge in [0.1, 0.15) is 6.04 Å². The molecule has 5 rings (SSSR count). The molecular weight excluding hydrogens is 430 g/mol. The van der Waals surface area contributed by atoms with E-state index in [-0.39, 0.29) is 29.3 Å². The fourth-order valence-corrected chi connectivity index (χ4v) is 5.03. The second kappa shape index (κ2) is 9.51. The van der Waals surface area contributed by atoms with Crippen LogP contribution < -0.4 is 15.8 Å². The largest absolute Gasteiger partial charge is 0.360 e. The SMILES string of the molecule is O=C(NCC1CN(C(=O)c2cn[nH]c(=O)c2)Cc2ccccc21)C1CCCN1c1ccccc1. The summed E-state index contributed by atoms with van der Waals surface area (Å²) in [7, 11) is 0. The Morgan fingerprint density at radius 2 is 1.88 bits per heavy atom. The quantitative estimate of drug-likeness (QED) is 0.613. The second-order valence-corrected chi connectivity index (χ2v) is 8.85. The van der Waals surface area contributed by atoms with Crippen molar-refractivity contribution in [3.05, 3.63) is 93.9 Å². The van der Waals surface area contributed by atoms with E-state index in [1.807, 2.05) is 48.5 Å². The predicted octanol–water partition coefficient (Wildman–Crippen LogP) is 2.29. The minimum atomic E-state index is -0.411. The molecule has 8 nitrogen and oxygen atoms in total. The molecule has 0 bridgehead atoms. The van der Waals surface area contributed by atoms with Crippen molar-refractivity contribution in [3.63, 3.8) is 0 Å². The highest BCUT2D eigenvalue weighted by atomic mass is 16.2. The first kappa shape index (κ1) is 21.9. The summed E-state index contributed by atoms with van der Waals surface area (Å²) in [5.74, 6) is -0.268. The van der Waals surface area contributed by atoms with Crippen molar-refractivity contribution in [1.82, 2.24) is 20.4 Å². The van der Waals surface area contributed by atoms with Crippen LogP contribution in [0.2, 0.25) is 0 Å². The number of nitrogens with one attached hydrogen (secondary N) is 2. The number of aromatic amines is 1. The molecule has 3 aromatic rings. The molecule has 34 heavy (non-hydrogen) atoms. The lowest BCUT2D eigenvalue weighted by Crippen LogP contribution is -2.47. The van der Waals surface area contributed by atoms with Crippen LogP contribution in [0.5, 0.6) is 0 Å². The Bertz CT molecular complexity index is 1240. The van der Waals surface area contributed by atoms with Crippen LogP contribution in [-0.2, 0) is 11.3 Å². The van der Waals surface area contributed by atoms with E-state index < -0.39 is 5.56 Å². The van der Waals surface area contributed by atoms with Gasteiger partial charge in [0.25, 0.3) is 11.5 Å². The highest BCUT2D eigenvalue weighted by Crippen LogP contribution is 2.29. The van der Waals surface area contributed by atoms with Crippen molar-refractivity contribution < 1.29 is 9.59 Å². The van der Waals surface area contributed by atoms with Gasteiger partial charge in [-0.15, -0.1) is 0 Å². The number of para-hydroxylation sites is 1. The molecule has 2 aliphatic rings. The topological polar surface area (TPSA) is 98.4 Å². The van der Waals surface area contributed by atoms with Gasteiger partial charge in [0.2, 0.25) is 5.91 Å². The van der Waals surface area contributed by atoms with Gasteiger partial charge in [0, 0.05) is 43.9 Å². The van der Waals surface area contributed by atoms with Crippen LogP contribution in [-0.4, -0.2) is 52.6 Å². The fraction of sp³-hybridized carbons (Fsp3) is 0.308. The predicted molar refractivity (Wildman–Crippen MR) is 129 cm³/mol.